The lowest BCUT2D eigenvalue weighted by Crippen LogP contribution is -2.17. The van der Waals surface area contributed by atoms with Gasteiger partial charge in [-0.05, 0) is 13.0 Å². The van der Waals surface area contributed by atoms with Gasteiger partial charge < -0.3 is 10.2 Å². The first kappa shape index (κ1) is 7.36. The summed E-state index contributed by atoms with van der Waals surface area (Å²) < 4.78 is 1.56. The van der Waals surface area contributed by atoms with Gasteiger partial charge in [-0.1, -0.05) is 11.3 Å². The Morgan fingerprint density at radius 1 is 1.42 bits per heavy atom. The number of pyridine rings is 1. The maximum atomic E-state index is 9.48. The predicted molar refractivity (Wildman–Crippen MR) is 45.5 cm³/mol. The summed E-state index contributed by atoms with van der Waals surface area (Å²) in [7, 11) is 0. The monoisotopic (exact) mass is 182 g/mol. The largest absolute Gasteiger partial charge is 0.502 e. The average Bonchev–Trinajstić information content (AvgIpc) is 2.32. The van der Waals surface area contributed by atoms with Crippen molar-refractivity contribution in [1.29, 1.82) is 0 Å². The van der Waals surface area contributed by atoms with Crippen LogP contribution in [-0.2, 0) is 0 Å². The smallest absolute Gasteiger partial charge is 0.385 e. The van der Waals surface area contributed by atoms with Crippen molar-refractivity contribution in [1.82, 2.24) is 0 Å². The van der Waals surface area contributed by atoms with E-state index in [1.165, 1.54) is 11.3 Å². The van der Waals surface area contributed by atoms with Crippen LogP contribution in [0, 0.1) is 6.92 Å². The summed E-state index contributed by atoms with van der Waals surface area (Å²) in [6, 6.07) is 3.29. The molecule has 0 fully saturated rings. The Kier molecular flexibility index (Phi) is 1.44. The number of aromatic nitrogens is 1. The highest BCUT2D eigenvalue weighted by Gasteiger charge is 2.19. The Hall–Kier alpha value is -1.29. The van der Waals surface area contributed by atoms with Crippen LogP contribution < -0.4 is 4.40 Å². The van der Waals surface area contributed by atoms with Gasteiger partial charge >= 0.3 is 10.7 Å². The molecule has 0 bridgehead atoms. The topological polar surface area (TPSA) is 44.6 Å². The molecule has 2 rings (SSSR count). The van der Waals surface area contributed by atoms with Crippen LogP contribution in [0.3, 0.4) is 0 Å². The second-order valence-electron chi connectivity index (χ2n) is 2.55. The van der Waals surface area contributed by atoms with Crippen LogP contribution in [-0.4, -0.2) is 10.2 Å². The summed E-state index contributed by atoms with van der Waals surface area (Å²) in [5.41, 5.74) is 0. The van der Waals surface area contributed by atoms with Gasteiger partial charge in [0.15, 0.2) is 6.20 Å². The molecule has 62 valence electrons. The minimum Gasteiger partial charge on any atom is -0.502 e. The molecule has 2 aromatic heterocycles. The first-order valence-corrected chi connectivity index (χ1v) is 4.33. The normalized spacial score (nSPS) is 10.8. The van der Waals surface area contributed by atoms with Crippen molar-refractivity contribution in [3.8, 4) is 11.6 Å². The molecule has 0 aromatic carbocycles. The lowest BCUT2D eigenvalue weighted by Gasteiger charge is -1.85. The molecule has 0 radical (unpaired) electrons. The Bertz CT molecular complexity index is 436. The van der Waals surface area contributed by atoms with E-state index in [-0.39, 0.29) is 11.6 Å². The van der Waals surface area contributed by atoms with Crippen LogP contribution in [0.25, 0.3) is 4.83 Å². The second-order valence-corrected chi connectivity index (χ2v) is 3.75. The van der Waals surface area contributed by atoms with E-state index in [4.69, 9.17) is 0 Å². The van der Waals surface area contributed by atoms with E-state index in [1.807, 2.05) is 6.92 Å². The van der Waals surface area contributed by atoms with Gasteiger partial charge in [-0.15, -0.1) is 4.40 Å². The molecule has 4 heteroatoms. The predicted octanol–water partition coefficient (Wildman–Crippen LogP) is 1.21. The number of aromatic hydroxyl groups is 2. The first-order chi connectivity index (χ1) is 5.70. The number of hydrogen-bond acceptors (Lipinski definition) is 3. The zero-order valence-electron chi connectivity index (χ0n) is 6.48. The van der Waals surface area contributed by atoms with Crippen molar-refractivity contribution in [3.05, 3.63) is 23.2 Å². The quantitative estimate of drug-likeness (QED) is 0.601. The van der Waals surface area contributed by atoms with E-state index in [0.29, 0.717) is 4.83 Å². The molecule has 12 heavy (non-hydrogen) atoms. The fourth-order valence-corrected chi connectivity index (χ4v) is 2.01. The third-order valence-electron chi connectivity index (χ3n) is 1.72. The zero-order chi connectivity index (χ0) is 8.72. The van der Waals surface area contributed by atoms with Gasteiger partial charge in [0.05, 0.1) is 0 Å². The molecule has 0 aliphatic carbocycles. The molecule has 0 aliphatic rings. The summed E-state index contributed by atoms with van der Waals surface area (Å²) in [6.45, 7) is 1.81. The van der Waals surface area contributed by atoms with Crippen molar-refractivity contribution in [2.45, 2.75) is 6.92 Å². The minimum atomic E-state index is 0.200. The van der Waals surface area contributed by atoms with Crippen LogP contribution in [0.15, 0.2) is 18.3 Å². The number of rotatable bonds is 0. The highest BCUT2D eigenvalue weighted by atomic mass is 32.1. The summed E-state index contributed by atoms with van der Waals surface area (Å²) in [5.74, 6) is 0.400. The summed E-state index contributed by atoms with van der Waals surface area (Å²) >= 11 is 1.37. The van der Waals surface area contributed by atoms with Crippen LogP contribution in [0.1, 0.15) is 4.88 Å². The Labute approximate surface area is 73.2 Å². The van der Waals surface area contributed by atoms with Gasteiger partial charge in [0.2, 0.25) is 5.75 Å². The van der Waals surface area contributed by atoms with Crippen molar-refractivity contribution < 1.29 is 14.6 Å². The van der Waals surface area contributed by atoms with E-state index in [0.717, 1.165) is 4.88 Å². The number of aryl methyl sites for hydroxylation is 1. The van der Waals surface area contributed by atoms with E-state index in [2.05, 4.69) is 0 Å². The van der Waals surface area contributed by atoms with E-state index >= 15 is 0 Å². The Morgan fingerprint density at radius 3 is 2.83 bits per heavy atom. The van der Waals surface area contributed by atoms with Crippen molar-refractivity contribution in [2.24, 2.45) is 0 Å². The highest BCUT2D eigenvalue weighted by Crippen LogP contribution is 2.26. The molecule has 0 aliphatic heterocycles. The maximum absolute atomic E-state index is 9.48. The summed E-state index contributed by atoms with van der Waals surface area (Å²) in [4.78, 5) is 1.48. The van der Waals surface area contributed by atoms with Gasteiger partial charge in [0, 0.05) is 6.07 Å². The lowest BCUT2D eigenvalue weighted by molar-refractivity contribution is -0.518. The van der Waals surface area contributed by atoms with Crippen molar-refractivity contribution in [2.75, 3.05) is 0 Å². The third-order valence-corrected chi connectivity index (χ3v) is 2.81. The first-order valence-electron chi connectivity index (χ1n) is 3.52. The molecule has 0 unspecified atom stereocenters. The Morgan fingerprint density at radius 2 is 2.17 bits per heavy atom. The van der Waals surface area contributed by atoms with Crippen molar-refractivity contribution >= 4 is 16.2 Å². The van der Waals surface area contributed by atoms with E-state index in [1.54, 1.807) is 22.7 Å². The van der Waals surface area contributed by atoms with Gasteiger partial charge in [0.1, 0.15) is 4.88 Å². The fourth-order valence-electron chi connectivity index (χ4n) is 1.11. The lowest BCUT2D eigenvalue weighted by atomic mass is 10.4. The molecular formula is C8H8NO2S+. The molecular weight excluding hydrogens is 174 g/mol. The van der Waals surface area contributed by atoms with Gasteiger partial charge in [-0.2, -0.15) is 0 Å². The molecule has 3 nitrogen and oxygen atoms in total. The van der Waals surface area contributed by atoms with Crippen LogP contribution in [0.5, 0.6) is 11.6 Å². The Balaban J connectivity index is 2.95. The van der Waals surface area contributed by atoms with Crippen LogP contribution >= 0.6 is 11.3 Å². The van der Waals surface area contributed by atoms with Gasteiger partial charge in [-0.3, -0.25) is 0 Å². The van der Waals surface area contributed by atoms with Gasteiger partial charge in [0.25, 0.3) is 0 Å². The third kappa shape index (κ3) is 0.848. The van der Waals surface area contributed by atoms with E-state index < -0.39 is 0 Å². The van der Waals surface area contributed by atoms with Crippen molar-refractivity contribution in [3.63, 3.8) is 0 Å². The van der Waals surface area contributed by atoms with Gasteiger partial charge in [-0.25, -0.2) is 0 Å². The molecule has 0 spiro atoms. The molecule has 0 amide bonds. The minimum absolute atomic E-state index is 0.200. The number of hydrogen-bond donors (Lipinski definition) is 2. The standard InChI is InChI=1S/C8H7NO2S/c1-5-7(11)9-4-2-3-6(10)8(9)12-5/h2-4H,1H3,(H-,10,11)/p+1. The molecule has 0 saturated carbocycles. The number of nitrogens with zero attached hydrogens (tertiary/aromatic N) is 1. The number of fused-ring (bicyclic) bond motifs is 1. The SMILES string of the molecule is Cc1sc2c(O)ccc[n+]2c1O. The van der Waals surface area contributed by atoms with Crippen LogP contribution in [0.2, 0.25) is 0 Å². The highest BCUT2D eigenvalue weighted by molar-refractivity contribution is 7.17. The molecule has 0 saturated heterocycles. The average molecular weight is 182 g/mol. The molecule has 2 heterocycles. The summed E-state index contributed by atoms with van der Waals surface area (Å²) in [6.07, 6.45) is 1.72. The zero-order valence-corrected chi connectivity index (χ0v) is 7.30. The summed E-state index contributed by atoms with van der Waals surface area (Å²) in [5, 5.41) is 18.9. The molecule has 2 aromatic rings. The second kappa shape index (κ2) is 2.35. The van der Waals surface area contributed by atoms with Crippen LogP contribution in [0.4, 0.5) is 0 Å². The van der Waals surface area contributed by atoms with E-state index in [9.17, 15) is 10.2 Å². The number of thiazole rings is 1. The maximum Gasteiger partial charge on any atom is 0.385 e. The fraction of sp³-hybridized carbons (Fsp3) is 0.125. The molecule has 0 atom stereocenters. The molecule has 2 N–H and O–H groups in total.